The highest BCUT2D eigenvalue weighted by molar-refractivity contribution is 9.10. The van der Waals surface area contributed by atoms with Crippen molar-refractivity contribution in [2.24, 2.45) is 0 Å². The number of hydrogen-bond acceptors (Lipinski definition) is 1. The molecule has 13 heavy (non-hydrogen) atoms. The average Bonchev–Trinajstić information content (AvgIpc) is 2.04. The molecule has 0 saturated carbocycles. The molecule has 0 fully saturated rings. The van der Waals surface area contributed by atoms with E-state index in [1.807, 2.05) is 24.3 Å². The summed E-state index contributed by atoms with van der Waals surface area (Å²) in [5.41, 5.74) is 0.0666. The van der Waals surface area contributed by atoms with Gasteiger partial charge in [0.2, 0.25) is 0 Å². The fourth-order valence-corrected chi connectivity index (χ4v) is 2.00. The standard InChI is InChI=1S/C11H13BrO/c1-3-8-11(2,13)9-6-4-5-7-10(9)12/h3-7,13H,1,8H2,2H3. The molecule has 1 aromatic rings. The van der Waals surface area contributed by atoms with Gasteiger partial charge in [0.1, 0.15) is 0 Å². The van der Waals surface area contributed by atoms with Gasteiger partial charge in [0.25, 0.3) is 0 Å². The Labute approximate surface area is 87.2 Å². The molecule has 1 rings (SSSR count). The molecule has 1 atom stereocenters. The minimum absolute atomic E-state index is 0.551. The Hall–Kier alpha value is -0.600. The summed E-state index contributed by atoms with van der Waals surface area (Å²) >= 11 is 3.41. The van der Waals surface area contributed by atoms with E-state index in [1.54, 1.807) is 13.0 Å². The van der Waals surface area contributed by atoms with Gasteiger partial charge in [-0.3, -0.25) is 0 Å². The minimum atomic E-state index is -0.832. The maximum Gasteiger partial charge on any atom is 0.0913 e. The Morgan fingerprint density at radius 2 is 2.15 bits per heavy atom. The van der Waals surface area contributed by atoms with Gasteiger partial charge in [0.05, 0.1) is 5.60 Å². The summed E-state index contributed by atoms with van der Waals surface area (Å²) in [6.45, 7) is 5.41. The van der Waals surface area contributed by atoms with Crippen LogP contribution in [0, 0.1) is 0 Å². The summed E-state index contributed by atoms with van der Waals surface area (Å²) in [6, 6.07) is 7.68. The van der Waals surface area contributed by atoms with Gasteiger partial charge in [-0.1, -0.05) is 40.2 Å². The number of rotatable bonds is 3. The van der Waals surface area contributed by atoms with Crippen LogP contribution in [0.25, 0.3) is 0 Å². The van der Waals surface area contributed by atoms with Crippen molar-refractivity contribution in [2.75, 3.05) is 0 Å². The summed E-state index contributed by atoms with van der Waals surface area (Å²) in [5.74, 6) is 0. The molecule has 0 saturated heterocycles. The zero-order chi connectivity index (χ0) is 9.90. The molecule has 0 radical (unpaired) electrons. The molecule has 0 aliphatic carbocycles. The van der Waals surface area contributed by atoms with Crippen molar-refractivity contribution in [2.45, 2.75) is 18.9 Å². The SMILES string of the molecule is C=CCC(C)(O)c1ccccc1Br. The third kappa shape index (κ3) is 2.42. The Morgan fingerprint density at radius 3 is 2.69 bits per heavy atom. The average molecular weight is 241 g/mol. The van der Waals surface area contributed by atoms with Gasteiger partial charge >= 0.3 is 0 Å². The van der Waals surface area contributed by atoms with Gasteiger partial charge in [0.15, 0.2) is 0 Å². The van der Waals surface area contributed by atoms with E-state index in [0.29, 0.717) is 6.42 Å². The van der Waals surface area contributed by atoms with E-state index in [2.05, 4.69) is 22.5 Å². The first-order chi connectivity index (χ1) is 6.08. The van der Waals surface area contributed by atoms with Crippen LogP contribution in [0.3, 0.4) is 0 Å². The first kappa shape index (κ1) is 10.5. The molecule has 0 bridgehead atoms. The molecule has 1 nitrogen and oxygen atoms in total. The maximum atomic E-state index is 10.1. The Kier molecular flexibility index (Phi) is 3.28. The molecule has 0 aliphatic heterocycles. The van der Waals surface area contributed by atoms with Gasteiger partial charge in [-0.25, -0.2) is 0 Å². The molecule has 0 spiro atoms. The summed E-state index contributed by atoms with van der Waals surface area (Å²) in [6.07, 6.45) is 2.27. The third-order valence-electron chi connectivity index (χ3n) is 2.00. The normalized spacial score (nSPS) is 15.0. The fourth-order valence-electron chi connectivity index (χ4n) is 1.29. The molecule has 0 aromatic heterocycles. The highest BCUT2D eigenvalue weighted by atomic mass is 79.9. The first-order valence-corrected chi connectivity index (χ1v) is 4.95. The summed E-state index contributed by atoms with van der Waals surface area (Å²) in [4.78, 5) is 0. The van der Waals surface area contributed by atoms with Gasteiger partial charge in [-0.2, -0.15) is 0 Å². The topological polar surface area (TPSA) is 20.2 Å². The van der Waals surface area contributed by atoms with Crippen molar-refractivity contribution in [1.82, 2.24) is 0 Å². The van der Waals surface area contributed by atoms with Crippen molar-refractivity contribution < 1.29 is 5.11 Å². The lowest BCUT2D eigenvalue weighted by molar-refractivity contribution is 0.0599. The van der Waals surface area contributed by atoms with Crippen molar-refractivity contribution in [3.05, 3.63) is 47.0 Å². The van der Waals surface area contributed by atoms with E-state index in [-0.39, 0.29) is 0 Å². The van der Waals surface area contributed by atoms with Gasteiger partial charge in [0, 0.05) is 4.47 Å². The molecule has 1 unspecified atom stereocenters. The number of halogens is 1. The van der Waals surface area contributed by atoms with E-state index >= 15 is 0 Å². The van der Waals surface area contributed by atoms with E-state index < -0.39 is 5.60 Å². The lowest BCUT2D eigenvalue weighted by Crippen LogP contribution is -2.20. The van der Waals surface area contributed by atoms with Gasteiger partial charge in [-0.05, 0) is 25.0 Å². The molecule has 0 amide bonds. The summed E-state index contributed by atoms with van der Waals surface area (Å²) in [7, 11) is 0. The quantitative estimate of drug-likeness (QED) is 0.805. The second-order valence-corrected chi connectivity index (χ2v) is 4.10. The molecular weight excluding hydrogens is 228 g/mol. The molecule has 1 N–H and O–H groups in total. The summed E-state index contributed by atoms with van der Waals surface area (Å²) < 4.78 is 0.932. The maximum absolute atomic E-state index is 10.1. The number of benzene rings is 1. The summed E-state index contributed by atoms with van der Waals surface area (Å²) in [5, 5.41) is 10.1. The van der Waals surface area contributed by atoms with Crippen LogP contribution in [-0.4, -0.2) is 5.11 Å². The minimum Gasteiger partial charge on any atom is -0.385 e. The lowest BCUT2D eigenvalue weighted by atomic mass is 9.93. The molecule has 0 aliphatic rings. The third-order valence-corrected chi connectivity index (χ3v) is 2.69. The Bertz CT molecular complexity index is 305. The Balaban J connectivity index is 3.06. The van der Waals surface area contributed by atoms with Crippen molar-refractivity contribution in [3.8, 4) is 0 Å². The van der Waals surface area contributed by atoms with Crippen molar-refractivity contribution in [1.29, 1.82) is 0 Å². The van der Waals surface area contributed by atoms with Crippen LogP contribution >= 0.6 is 15.9 Å². The zero-order valence-corrected chi connectivity index (χ0v) is 9.21. The molecule has 1 aromatic carbocycles. The Morgan fingerprint density at radius 1 is 1.54 bits per heavy atom. The second kappa shape index (κ2) is 4.07. The smallest absolute Gasteiger partial charge is 0.0913 e. The van der Waals surface area contributed by atoms with Crippen LogP contribution in [0.1, 0.15) is 18.9 Å². The first-order valence-electron chi connectivity index (χ1n) is 4.16. The molecule has 0 heterocycles. The van der Waals surface area contributed by atoms with Gasteiger partial charge in [-0.15, -0.1) is 6.58 Å². The van der Waals surface area contributed by atoms with Crippen LogP contribution in [0.4, 0.5) is 0 Å². The van der Waals surface area contributed by atoms with E-state index in [0.717, 1.165) is 10.0 Å². The molecular formula is C11H13BrO. The van der Waals surface area contributed by atoms with Crippen LogP contribution in [0.15, 0.2) is 41.4 Å². The van der Waals surface area contributed by atoms with Crippen LogP contribution in [0.2, 0.25) is 0 Å². The van der Waals surface area contributed by atoms with E-state index in [4.69, 9.17) is 0 Å². The highest BCUT2D eigenvalue weighted by Crippen LogP contribution is 2.30. The van der Waals surface area contributed by atoms with E-state index in [1.165, 1.54) is 0 Å². The second-order valence-electron chi connectivity index (χ2n) is 3.25. The van der Waals surface area contributed by atoms with Crippen molar-refractivity contribution >= 4 is 15.9 Å². The zero-order valence-electron chi connectivity index (χ0n) is 7.63. The van der Waals surface area contributed by atoms with Crippen molar-refractivity contribution in [3.63, 3.8) is 0 Å². The van der Waals surface area contributed by atoms with E-state index in [9.17, 15) is 5.11 Å². The molecule has 2 heteroatoms. The van der Waals surface area contributed by atoms with Crippen LogP contribution < -0.4 is 0 Å². The molecule has 70 valence electrons. The monoisotopic (exact) mass is 240 g/mol. The number of hydrogen-bond donors (Lipinski definition) is 1. The lowest BCUT2D eigenvalue weighted by Gasteiger charge is -2.23. The highest BCUT2D eigenvalue weighted by Gasteiger charge is 2.22. The van der Waals surface area contributed by atoms with Gasteiger partial charge < -0.3 is 5.11 Å². The number of aliphatic hydroxyl groups is 1. The predicted octanol–water partition coefficient (Wildman–Crippen LogP) is 3.23. The van der Waals surface area contributed by atoms with Crippen LogP contribution in [0.5, 0.6) is 0 Å². The largest absolute Gasteiger partial charge is 0.385 e. The fraction of sp³-hybridized carbons (Fsp3) is 0.273. The van der Waals surface area contributed by atoms with Crippen LogP contribution in [-0.2, 0) is 5.60 Å². The predicted molar refractivity (Wildman–Crippen MR) is 58.5 cm³/mol.